The molecule has 0 aliphatic carbocycles. The van der Waals surface area contributed by atoms with Crippen LogP contribution in [-0.2, 0) is 16.6 Å². The molecule has 0 N–H and O–H groups in total. The lowest BCUT2D eigenvalue weighted by molar-refractivity contribution is 0.0869. The van der Waals surface area contributed by atoms with Gasteiger partial charge >= 0.3 is 0 Å². The first-order chi connectivity index (χ1) is 15.5. The van der Waals surface area contributed by atoms with Crippen molar-refractivity contribution < 1.29 is 17.6 Å². The van der Waals surface area contributed by atoms with Gasteiger partial charge in [0.2, 0.25) is 0 Å². The molecule has 2 aromatic carbocycles. The van der Waals surface area contributed by atoms with Gasteiger partial charge in [0.05, 0.1) is 5.56 Å². The molecule has 2 heterocycles. The number of amides is 1. The van der Waals surface area contributed by atoms with E-state index >= 15 is 0 Å². The van der Waals surface area contributed by atoms with Gasteiger partial charge in [0.15, 0.2) is 0 Å². The zero-order valence-corrected chi connectivity index (χ0v) is 19.1. The molecule has 0 unspecified atom stereocenters. The van der Waals surface area contributed by atoms with Crippen LogP contribution in [-0.4, -0.2) is 67.7 Å². The van der Waals surface area contributed by atoms with Crippen LogP contribution >= 0.6 is 0 Å². The summed E-state index contributed by atoms with van der Waals surface area (Å²) in [5.41, 5.74) is 1.03. The number of halogens is 1. The third kappa shape index (κ3) is 5.03. The highest BCUT2D eigenvalue weighted by atomic mass is 32.2. The number of sulfonamides is 1. The van der Waals surface area contributed by atoms with Gasteiger partial charge in [0.1, 0.15) is 10.7 Å². The smallest absolute Gasteiger partial charge is 0.269 e. The summed E-state index contributed by atoms with van der Waals surface area (Å²) in [6, 6.07) is 13.4. The number of unbranched alkanes of at least 4 members (excludes halogenated alkanes) is 3. The molecule has 0 spiro atoms. The second-order valence-electron chi connectivity index (χ2n) is 8.50. The molecule has 2 aromatic rings. The van der Waals surface area contributed by atoms with E-state index in [1.807, 2.05) is 12.1 Å². The van der Waals surface area contributed by atoms with Crippen LogP contribution in [0.15, 0.2) is 53.4 Å². The summed E-state index contributed by atoms with van der Waals surface area (Å²) in [6.45, 7) is 5.74. The van der Waals surface area contributed by atoms with Crippen molar-refractivity contribution in [3.63, 3.8) is 0 Å². The summed E-state index contributed by atoms with van der Waals surface area (Å²) in [5.74, 6) is -0.545. The first kappa shape index (κ1) is 22.9. The lowest BCUT2D eigenvalue weighted by Crippen LogP contribution is -2.46. The maximum absolute atomic E-state index is 13.8. The van der Waals surface area contributed by atoms with Crippen LogP contribution in [0, 0.1) is 5.82 Å². The molecule has 172 valence electrons. The van der Waals surface area contributed by atoms with Crippen molar-refractivity contribution in [2.24, 2.45) is 0 Å². The maximum atomic E-state index is 13.8. The molecule has 32 heavy (non-hydrogen) atoms. The molecule has 2 aliphatic rings. The van der Waals surface area contributed by atoms with Crippen LogP contribution in [0.2, 0.25) is 0 Å². The Labute approximate surface area is 189 Å². The molecular formula is C24H30FN3O3S. The van der Waals surface area contributed by atoms with Crippen LogP contribution in [0.5, 0.6) is 0 Å². The van der Waals surface area contributed by atoms with Crippen molar-refractivity contribution in [2.45, 2.75) is 37.1 Å². The molecule has 0 saturated carbocycles. The molecule has 0 atom stereocenters. The van der Waals surface area contributed by atoms with Crippen molar-refractivity contribution >= 4 is 15.9 Å². The van der Waals surface area contributed by atoms with Gasteiger partial charge in [-0.25, -0.2) is 17.1 Å². The maximum Gasteiger partial charge on any atom is 0.269 e. The molecule has 8 heteroatoms. The zero-order chi connectivity index (χ0) is 22.6. The number of hydrogen-bond donors (Lipinski definition) is 0. The van der Waals surface area contributed by atoms with Crippen LogP contribution in [0.3, 0.4) is 0 Å². The van der Waals surface area contributed by atoms with Gasteiger partial charge in [-0.15, -0.1) is 0 Å². The van der Waals surface area contributed by atoms with E-state index < -0.39 is 15.9 Å². The quantitative estimate of drug-likeness (QED) is 0.538. The molecule has 4 rings (SSSR count). The SMILES string of the molecule is O=C1c2ccccc2S(=O)(=O)N1CCCCCCN1CCN(Cc2ccccc2F)CC1. The van der Waals surface area contributed by atoms with Crippen molar-refractivity contribution in [3.05, 3.63) is 65.5 Å². The summed E-state index contributed by atoms with van der Waals surface area (Å²) in [6.07, 6.45) is 3.62. The highest BCUT2D eigenvalue weighted by Gasteiger charge is 2.40. The molecule has 1 fully saturated rings. The van der Waals surface area contributed by atoms with E-state index in [1.165, 1.54) is 12.1 Å². The van der Waals surface area contributed by atoms with E-state index in [9.17, 15) is 17.6 Å². The van der Waals surface area contributed by atoms with Crippen LogP contribution < -0.4 is 0 Å². The Balaban J connectivity index is 1.12. The predicted octanol–water partition coefficient (Wildman–Crippen LogP) is 3.35. The summed E-state index contributed by atoms with van der Waals surface area (Å²) >= 11 is 0. The number of hydrogen-bond acceptors (Lipinski definition) is 5. The van der Waals surface area contributed by atoms with E-state index in [0.717, 1.165) is 61.9 Å². The Morgan fingerprint density at radius 2 is 1.41 bits per heavy atom. The van der Waals surface area contributed by atoms with Crippen molar-refractivity contribution in [2.75, 3.05) is 39.3 Å². The minimum absolute atomic E-state index is 0.124. The minimum Gasteiger partial charge on any atom is -0.301 e. The Kier molecular flexibility index (Phi) is 7.23. The number of nitrogens with zero attached hydrogens (tertiary/aromatic N) is 3. The number of piperazine rings is 1. The second kappa shape index (κ2) is 10.1. The fourth-order valence-corrected chi connectivity index (χ4v) is 6.04. The van der Waals surface area contributed by atoms with Crippen LogP contribution in [0.25, 0.3) is 0 Å². The summed E-state index contributed by atoms with van der Waals surface area (Å²) in [7, 11) is -3.69. The van der Waals surface area contributed by atoms with Crippen molar-refractivity contribution in [3.8, 4) is 0 Å². The van der Waals surface area contributed by atoms with E-state index in [4.69, 9.17) is 0 Å². The van der Waals surface area contributed by atoms with Gasteiger partial charge in [-0.3, -0.25) is 9.69 Å². The molecule has 6 nitrogen and oxygen atoms in total. The number of carbonyl (C=O) groups excluding carboxylic acids is 1. The molecule has 1 saturated heterocycles. The highest BCUT2D eigenvalue weighted by molar-refractivity contribution is 7.90. The van der Waals surface area contributed by atoms with Crippen molar-refractivity contribution in [1.29, 1.82) is 0 Å². The Bertz CT molecular complexity index is 1050. The molecule has 0 aromatic heterocycles. The minimum atomic E-state index is -3.69. The molecule has 1 amide bonds. The summed E-state index contributed by atoms with van der Waals surface area (Å²) in [4.78, 5) is 17.3. The van der Waals surface area contributed by atoms with Gasteiger partial charge in [-0.2, -0.15) is 0 Å². The molecule has 0 radical (unpaired) electrons. The van der Waals surface area contributed by atoms with Gasteiger partial charge in [0.25, 0.3) is 15.9 Å². The van der Waals surface area contributed by atoms with Gasteiger partial charge in [0, 0.05) is 44.8 Å². The van der Waals surface area contributed by atoms with E-state index in [-0.39, 0.29) is 22.8 Å². The summed E-state index contributed by atoms with van der Waals surface area (Å²) in [5, 5.41) is 0. The topological polar surface area (TPSA) is 60.9 Å². The predicted molar refractivity (Wildman–Crippen MR) is 121 cm³/mol. The monoisotopic (exact) mass is 459 g/mol. The normalized spacial score (nSPS) is 18.8. The van der Waals surface area contributed by atoms with E-state index in [0.29, 0.717) is 13.0 Å². The second-order valence-corrected chi connectivity index (χ2v) is 10.3. The Hall–Kier alpha value is -2.29. The number of carbonyl (C=O) groups is 1. The number of benzene rings is 2. The van der Waals surface area contributed by atoms with Crippen LogP contribution in [0.1, 0.15) is 41.6 Å². The Morgan fingerprint density at radius 3 is 2.12 bits per heavy atom. The van der Waals surface area contributed by atoms with Gasteiger partial charge < -0.3 is 4.90 Å². The lowest BCUT2D eigenvalue weighted by Gasteiger charge is -2.34. The zero-order valence-electron chi connectivity index (χ0n) is 18.2. The van der Waals surface area contributed by atoms with Crippen LogP contribution in [0.4, 0.5) is 4.39 Å². The average molecular weight is 460 g/mol. The average Bonchev–Trinajstić information content (AvgIpc) is 2.99. The third-order valence-corrected chi connectivity index (χ3v) is 8.15. The lowest BCUT2D eigenvalue weighted by atomic mass is 10.1. The molecule has 2 aliphatic heterocycles. The molecule has 0 bridgehead atoms. The molecular weight excluding hydrogens is 429 g/mol. The number of fused-ring (bicyclic) bond motifs is 1. The van der Waals surface area contributed by atoms with E-state index in [2.05, 4.69) is 9.80 Å². The summed E-state index contributed by atoms with van der Waals surface area (Å²) < 4.78 is 40.0. The van der Waals surface area contributed by atoms with Gasteiger partial charge in [-0.05, 0) is 37.6 Å². The van der Waals surface area contributed by atoms with E-state index in [1.54, 1.807) is 24.3 Å². The first-order valence-corrected chi connectivity index (χ1v) is 12.7. The largest absolute Gasteiger partial charge is 0.301 e. The fourth-order valence-electron chi connectivity index (χ4n) is 4.44. The third-order valence-electron chi connectivity index (χ3n) is 6.31. The Morgan fingerprint density at radius 1 is 0.781 bits per heavy atom. The first-order valence-electron chi connectivity index (χ1n) is 11.3. The number of rotatable bonds is 9. The van der Waals surface area contributed by atoms with Gasteiger partial charge in [-0.1, -0.05) is 43.2 Å². The standard InChI is InChI=1S/C24H30FN3O3S/c25-22-11-5-3-9-20(22)19-27-17-15-26(16-18-27)13-7-1-2-8-14-28-24(29)21-10-4-6-12-23(21)32(28,30)31/h3-6,9-12H,1-2,7-8,13-19H2. The van der Waals surface area contributed by atoms with Crippen molar-refractivity contribution in [1.82, 2.24) is 14.1 Å². The fraction of sp³-hybridized carbons (Fsp3) is 0.458. The highest BCUT2D eigenvalue weighted by Crippen LogP contribution is 2.30.